The standard InChI is InChI=1S/C23H27F5N4O3/c24-16-3-1-2-15(18(16)25)14-4-5-17(19(33)32(12-14)13-23(26,27)28)30-21(35)31-10-7-22(8-11-31)6-9-29-20(22)34/h1-3,14,17H,4-13H2,(H,29,34)(H,30,35)/t14-,17-/m1/s1. The molecule has 2 N–H and O–H groups in total. The lowest BCUT2D eigenvalue weighted by atomic mass is 9.77. The van der Waals surface area contributed by atoms with Crippen LogP contribution in [0.15, 0.2) is 18.2 Å². The van der Waals surface area contributed by atoms with Gasteiger partial charge in [-0.2, -0.15) is 13.2 Å². The van der Waals surface area contributed by atoms with E-state index in [2.05, 4.69) is 10.6 Å². The van der Waals surface area contributed by atoms with Gasteiger partial charge in [-0.1, -0.05) is 12.1 Å². The van der Waals surface area contributed by atoms with Gasteiger partial charge in [0.05, 0.1) is 5.41 Å². The Kier molecular flexibility index (Phi) is 6.92. The summed E-state index contributed by atoms with van der Waals surface area (Å²) in [7, 11) is 0. The maximum Gasteiger partial charge on any atom is 0.406 e. The lowest BCUT2D eigenvalue weighted by molar-refractivity contribution is -0.162. The Morgan fingerprint density at radius 1 is 1.11 bits per heavy atom. The van der Waals surface area contributed by atoms with Gasteiger partial charge in [-0.05, 0) is 43.7 Å². The van der Waals surface area contributed by atoms with Crippen LogP contribution in [0.3, 0.4) is 0 Å². The van der Waals surface area contributed by atoms with Crippen molar-refractivity contribution in [3.8, 4) is 0 Å². The summed E-state index contributed by atoms with van der Waals surface area (Å²) in [5, 5.41) is 5.34. The van der Waals surface area contributed by atoms with Crippen molar-refractivity contribution in [3.05, 3.63) is 35.4 Å². The summed E-state index contributed by atoms with van der Waals surface area (Å²) >= 11 is 0. The molecule has 4 rings (SSSR count). The summed E-state index contributed by atoms with van der Waals surface area (Å²) in [4.78, 5) is 40.0. The Morgan fingerprint density at radius 3 is 2.46 bits per heavy atom. The smallest absolute Gasteiger partial charge is 0.356 e. The predicted molar refractivity (Wildman–Crippen MR) is 114 cm³/mol. The largest absolute Gasteiger partial charge is 0.406 e. The van der Waals surface area contributed by atoms with Gasteiger partial charge in [-0.15, -0.1) is 0 Å². The van der Waals surface area contributed by atoms with Crippen molar-refractivity contribution in [2.75, 3.05) is 32.7 Å². The quantitative estimate of drug-likeness (QED) is 0.624. The van der Waals surface area contributed by atoms with Gasteiger partial charge in [-0.25, -0.2) is 13.6 Å². The first-order valence-corrected chi connectivity index (χ1v) is 11.6. The number of carbonyl (C=O) groups excluding carboxylic acids is 3. The molecule has 0 aliphatic carbocycles. The molecule has 192 valence electrons. The first-order chi connectivity index (χ1) is 16.5. The van der Waals surface area contributed by atoms with E-state index in [9.17, 15) is 36.3 Å². The number of benzene rings is 1. The Hall–Kier alpha value is -2.92. The van der Waals surface area contributed by atoms with Crippen LogP contribution < -0.4 is 10.6 Å². The van der Waals surface area contributed by atoms with Crippen molar-refractivity contribution in [1.29, 1.82) is 0 Å². The number of halogens is 5. The number of likely N-dealkylation sites (tertiary alicyclic amines) is 2. The fraction of sp³-hybridized carbons (Fsp3) is 0.609. The highest BCUT2D eigenvalue weighted by molar-refractivity contribution is 5.88. The third-order valence-electron chi connectivity index (χ3n) is 7.32. The van der Waals surface area contributed by atoms with E-state index in [1.807, 2.05) is 0 Å². The molecule has 0 radical (unpaired) electrons. The van der Waals surface area contributed by atoms with Crippen molar-refractivity contribution < 1.29 is 36.3 Å². The number of alkyl halides is 3. The van der Waals surface area contributed by atoms with Crippen LogP contribution in [0.4, 0.5) is 26.7 Å². The molecule has 3 heterocycles. The van der Waals surface area contributed by atoms with E-state index in [-0.39, 0.29) is 37.4 Å². The van der Waals surface area contributed by atoms with Gasteiger partial charge >= 0.3 is 12.2 Å². The lowest BCUT2D eigenvalue weighted by Crippen LogP contribution is -2.55. The molecule has 3 fully saturated rings. The molecule has 0 saturated carbocycles. The molecule has 35 heavy (non-hydrogen) atoms. The molecule has 1 aromatic carbocycles. The minimum Gasteiger partial charge on any atom is -0.356 e. The average Bonchev–Trinajstić information content (AvgIpc) is 3.07. The van der Waals surface area contributed by atoms with Gasteiger partial charge in [0.1, 0.15) is 12.6 Å². The highest BCUT2D eigenvalue weighted by atomic mass is 19.4. The van der Waals surface area contributed by atoms with Crippen LogP contribution in [0, 0.1) is 17.0 Å². The van der Waals surface area contributed by atoms with Crippen molar-refractivity contribution in [2.24, 2.45) is 5.41 Å². The number of hydrogen-bond donors (Lipinski definition) is 2. The molecule has 0 aromatic heterocycles. The van der Waals surface area contributed by atoms with Crippen LogP contribution in [0.1, 0.15) is 43.6 Å². The summed E-state index contributed by atoms with van der Waals surface area (Å²) in [5.41, 5.74) is -0.603. The van der Waals surface area contributed by atoms with Gasteiger partial charge in [0.15, 0.2) is 11.6 Å². The van der Waals surface area contributed by atoms with Crippen molar-refractivity contribution in [2.45, 2.75) is 50.2 Å². The zero-order chi connectivity index (χ0) is 25.4. The zero-order valence-electron chi connectivity index (χ0n) is 19.0. The average molecular weight is 502 g/mol. The molecule has 4 amide bonds. The van der Waals surface area contributed by atoms with E-state index in [0.717, 1.165) is 6.07 Å². The SMILES string of the molecule is O=C(N[C@@H]1CC[C@@H](c2cccc(F)c2F)CN(CC(F)(F)F)C1=O)N1CCC2(CCNC2=O)CC1. The van der Waals surface area contributed by atoms with E-state index in [0.29, 0.717) is 30.7 Å². The summed E-state index contributed by atoms with van der Waals surface area (Å²) < 4.78 is 67.8. The third kappa shape index (κ3) is 5.35. The molecule has 1 aromatic rings. The molecule has 3 aliphatic heterocycles. The Morgan fingerprint density at radius 2 is 1.83 bits per heavy atom. The van der Waals surface area contributed by atoms with Gasteiger partial charge in [0.25, 0.3) is 0 Å². The number of amides is 4. The van der Waals surface area contributed by atoms with E-state index < -0.39 is 60.2 Å². The molecule has 7 nitrogen and oxygen atoms in total. The van der Waals surface area contributed by atoms with Crippen molar-refractivity contribution in [3.63, 3.8) is 0 Å². The topological polar surface area (TPSA) is 81.8 Å². The molecule has 2 atom stereocenters. The number of urea groups is 1. The van der Waals surface area contributed by atoms with Gasteiger partial charge in [-0.3, -0.25) is 9.59 Å². The third-order valence-corrected chi connectivity index (χ3v) is 7.32. The second kappa shape index (κ2) is 9.62. The van der Waals surface area contributed by atoms with Crippen LogP contribution >= 0.6 is 0 Å². The van der Waals surface area contributed by atoms with Crippen molar-refractivity contribution in [1.82, 2.24) is 20.4 Å². The molecule has 3 saturated heterocycles. The van der Waals surface area contributed by atoms with E-state index in [1.54, 1.807) is 0 Å². The van der Waals surface area contributed by atoms with E-state index >= 15 is 0 Å². The normalized spacial score (nSPS) is 24.9. The number of nitrogens with zero attached hydrogens (tertiary/aromatic N) is 2. The van der Waals surface area contributed by atoms with E-state index in [1.165, 1.54) is 17.0 Å². The summed E-state index contributed by atoms with van der Waals surface area (Å²) in [5.74, 6) is -4.09. The van der Waals surface area contributed by atoms with Gasteiger partial charge in [0, 0.05) is 32.1 Å². The Bertz CT molecular complexity index is 994. The molecule has 1 spiro atoms. The summed E-state index contributed by atoms with van der Waals surface area (Å²) in [6.45, 7) is -0.865. The Labute approximate surface area is 199 Å². The van der Waals surface area contributed by atoms with E-state index in [4.69, 9.17) is 0 Å². The minimum atomic E-state index is -4.71. The highest BCUT2D eigenvalue weighted by Crippen LogP contribution is 2.38. The van der Waals surface area contributed by atoms with Gasteiger partial charge < -0.3 is 20.4 Å². The number of piperidine rings is 1. The van der Waals surface area contributed by atoms with Crippen molar-refractivity contribution >= 4 is 17.8 Å². The second-order valence-corrected chi connectivity index (χ2v) is 9.53. The fourth-order valence-electron chi connectivity index (χ4n) is 5.31. The fourth-order valence-corrected chi connectivity index (χ4v) is 5.31. The van der Waals surface area contributed by atoms with Crippen LogP contribution in [-0.2, 0) is 9.59 Å². The van der Waals surface area contributed by atoms with Crippen LogP contribution in [0.2, 0.25) is 0 Å². The van der Waals surface area contributed by atoms with Crippen LogP contribution in [0.25, 0.3) is 0 Å². The number of carbonyl (C=O) groups is 3. The van der Waals surface area contributed by atoms with Crippen LogP contribution in [0.5, 0.6) is 0 Å². The van der Waals surface area contributed by atoms with Crippen LogP contribution in [-0.4, -0.2) is 72.6 Å². The monoisotopic (exact) mass is 502 g/mol. The molecule has 12 heteroatoms. The summed E-state index contributed by atoms with van der Waals surface area (Å²) in [6, 6.07) is 1.63. The number of hydrogen-bond acceptors (Lipinski definition) is 3. The molecule has 3 aliphatic rings. The lowest BCUT2D eigenvalue weighted by Gasteiger charge is -2.37. The minimum absolute atomic E-state index is 0.0280. The number of rotatable bonds is 3. The molecular formula is C23H27F5N4O3. The first kappa shape index (κ1) is 25.2. The molecule has 0 unspecified atom stereocenters. The molecule has 0 bridgehead atoms. The predicted octanol–water partition coefficient (Wildman–Crippen LogP) is 2.91. The maximum absolute atomic E-state index is 14.4. The maximum atomic E-state index is 14.4. The summed E-state index contributed by atoms with van der Waals surface area (Å²) in [6.07, 6.45) is -3.04. The second-order valence-electron chi connectivity index (χ2n) is 9.53. The zero-order valence-corrected chi connectivity index (χ0v) is 19.0. The first-order valence-electron chi connectivity index (χ1n) is 11.6. The van der Waals surface area contributed by atoms with Gasteiger partial charge in [0.2, 0.25) is 11.8 Å². The number of nitrogens with one attached hydrogen (secondary N) is 2. The Balaban J connectivity index is 1.47. The molecular weight excluding hydrogens is 475 g/mol. The highest BCUT2D eigenvalue weighted by Gasteiger charge is 2.46.